The number of nitrogens with two attached hydrogens (primary N) is 1. The quantitative estimate of drug-likeness (QED) is 0.566. The molecule has 110 valence electrons. The van der Waals surface area contributed by atoms with Crippen LogP contribution in [0.3, 0.4) is 0 Å². The number of carbonyl (C=O) groups excluding carboxylic acids is 2. The number of hydrogen-bond acceptors (Lipinski definition) is 4. The van der Waals surface area contributed by atoms with Crippen LogP contribution in [0, 0.1) is 0 Å². The summed E-state index contributed by atoms with van der Waals surface area (Å²) in [4.78, 5) is 26.8. The third-order valence-electron chi connectivity index (χ3n) is 3.43. The van der Waals surface area contributed by atoms with Crippen molar-refractivity contribution in [1.29, 1.82) is 0 Å². The molecule has 0 saturated carbocycles. The normalized spacial score (nSPS) is 19.5. The highest BCUT2D eigenvalue weighted by molar-refractivity contribution is 5.83. The number of primary amides is 1. The van der Waals surface area contributed by atoms with E-state index < -0.39 is 6.03 Å². The Labute approximate surface area is 114 Å². The Kier molecular flexibility index (Phi) is 6.58. The molecule has 7 heteroatoms. The van der Waals surface area contributed by atoms with Crippen LogP contribution in [0.4, 0.5) is 4.79 Å². The molecule has 0 radical (unpaired) electrons. The number of likely N-dealkylation sites (N-methyl/N-ethyl adjacent to an activating group) is 1. The van der Waals surface area contributed by atoms with Gasteiger partial charge in [-0.1, -0.05) is 13.8 Å². The second-order valence-corrected chi connectivity index (χ2v) is 4.61. The number of rotatable bonds is 6. The summed E-state index contributed by atoms with van der Waals surface area (Å²) in [5.74, 6) is -0.0712. The molecule has 0 aromatic carbocycles. The van der Waals surface area contributed by atoms with Crippen molar-refractivity contribution in [3.63, 3.8) is 0 Å². The minimum absolute atomic E-state index is 0.0712. The van der Waals surface area contributed by atoms with E-state index in [0.29, 0.717) is 26.2 Å². The van der Waals surface area contributed by atoms with Gasteiger partial charge in [0.2, 0.25) is 5.91 Å². The molecule has 0 bridgehead atoms. The smallest absolute Gasteiger partial charge is 0.314 e. The Bertz CT molecular complexity index is 306. The van der Waals surface area contributed by atoms with Crippen LogP contribution in [0.5, 0.6) is 0 Å². The fourth-order valence-electron chi connectivity index (χ4n) is 2.13. The number of piperazine rings is 1. The average molecular weight is 271 g/mol. The van der Waals surface area contributed by atoms with Crippen LogP contribution in [0.1, 0.15) is 13.8 Å². The zero-order chi connectivity index (χ0) is 14.3. The molecule has 0 aliphatic carbocycles. The van der Waals surface area contributed by atoms with Crippen LogP contribution < -0.4 is 16.4 Å². The predicted molar refractivity (Wildman–Crippen MR) is 73.7 cm³/mol. The van der Waals surface area contributed by atoms with Gasteiger partial charge in [-0.25, -0.2) is 4.79 Å². The van der Waals surface area contributed by atoms with E-state index in [2.05, 4.69) is 29.4 Å². The second kappa shape index (κ2) is 7.96. The first kappa shape index (κ1) is 15.7. The summed E-state index contributed by atoms with van der Waals surface area (Å²) in [6.45, 7) is 9.09. The molecule has 1 atom stereocenters. The number of hydrogen-bond donors (Lipinski definition) is 3. The Balaban J connectivity index is 2.31. The fraction of sp³-hybridized carbons (Fsp3) is 0.833. The van der Waals surface area contributed by atoms with E-state index in [1.807, 2.05) is 0 Å². The van der Waals surface area contributed by atoms with Crippen LogP contribution >= 0.6 is 0 Å². The molecular weight excluding hydrogens is 246 g/mol. The zero-order valence-corrected chi connectivity index (χ0v) is 11.8. The molecule has 1 rings (SSSR count). The third kappa shape index (κ3) is 5.04. The van der Waals surface area contributed by atoms with Gasteiger partial charge in [-0.3, -0.25) is 4.79 Å². The molecule has 19 heavy (non-hydrogen) atoms. The third-order valence-corrected chi connectivity index (χ3v) is 3.43. The van der Waals surface area contributed by atoms with Gasteiger partial charge in [-0.15, -0.1) is 0 Å². The van der Waals surface area contributed by atoms with Crippen LogP contribution in [0.2, 0.25) is 0 Å². The van der Waals surface area contributed by atoms with Crippen molar-refractivity contribution in [2.24, 2.45) is 5.73 Å². The fourth-order valence-corrected chi connectivity index (χ4v) is 2.13. The van der Waals surface area contributed by atoms with Crippen molar-refractivity contribution >= 4 is 11.9 Å². The Morgan fingerprint density at radius 3 is 2.68 bits per heavy atom. The van der Waals surface area contributed by atoms with Gasteiger partial charge in [-0.05, 0) is 13.1 Å². The van der Waals surface area contributed by atoms with Crippen molar-refractivity contribution in [1.82, 2.24) is 20.4 Å². The van der Waals surface area contributed by atoms with Gasteiger partial charge >= 0.3 is 6.03 Å². The minimum atomic E-state index is -0.470. The predicted octanol–water partition coefficient (Wildman–Crippen LogP) is -1.20. The van der Waals surface area contributed by atoms with E-state index in [9.17, 15) is 9.59 Å². The topological polar surface area (TPSA) is 90.7 Å². The summed E-state index contributed by atoms with van der Waals surface area (Å²) in [5, 5.41) is 5.98. The van der Waals surface area contributed by atoms with Crippen LogP contribution in [-0.4, -0.2) is 73.6 Å². The lowest BCUT2D eigenvalue weighted by Crippen LogP contribution is -2.59. The van der Waals surface area contributed by atoms with E-state index in [4.69, 9.17) is 5.73 Å². The molecule has 7 nitrogen and oxygen atoms in total. The highest BCUT2D eigenvalue weighted by atomic mass is 16.2. The maximum absolute atomic E-state index is 12.0. The van der Waals surface area contributed by atoms with Gasteiger partial charge in [0.05, 0.1) is 0 Å². The molecule has 0 aromatic heterocycles. The number of carbonyl (C=O) groups is 2. The van der Waals surface area contributed by atoms with E-state index in [-0.39, 0.29) is 11.9 Å². The molecule has 1 heterocycles. The Hall–Kier alpha value is -1.34. The maximum Gasteiger partial charge on any atom is 0.314 e. The SMILES string of the molecule is CCN(CC)CCNC(=O)C1CN(C(N)=O)CCN1. The largest absolute Gasteiger partial charge is 0.353 e. The summed E-state index contributed by atoms with van der Waals surface area (Å²) >= 11 is 0. The number of nitrogens with zero attached hydrogens (tertiary/aromatic N) is 2. The Morgan fingerprint density at radius 2 is 2.11 bits per heavy atom. The molecule has 3 amide bonds. The first-order valence-electron chi connectivity index (χ1n) is 6.86. The van der Waals surface area contributed by atoms with Crippen molar-refractivity contribution < 1.29 is 9.59 Å². The summed E-state index contributed by atoms with van der Waals surface area (Å²) in [6.07, 6.45) is 0. The average Bonchev–Trinajstić information content (AvgIpc) is 2.43. The molecule has 1 aliphatic rings. The molecule has 1 fully saturated rings. The standard InChI is InChI=1S/C12H25N5O2/c1-3-16(4-2)7-5-15-11(18)10-9-17(12(13)19)8-6-14-10/h10,14H,3-9H2,1-2H3,(H2,13,19)(H,15,18). The van der Waals surface area contributed by atoms with Gasteiger partial charge in [0.15, 0.2) is 0 Å². The molecule has 1 unspecified atom stereocenters. The number of nitrogens with one attached hydrogen (secondary N) is 2. The number of amides is 3. The summed E-state index contributed by atoms with van der Waals surface area (Å²) in [5.41, 5.74) is 5.23. The van der Waals surface area contributed by atoms with Gasteiger partial charge in [0, 0.05) is 32.7 Å². The summed E-state index contributed by atoms with van der Waals surface area (Å²) in [7, 11) is 0. The lowest BCUT2D eigenvalue weighted by atomic mass is 10.2. The lowest BCUT2D eigenvalue weighted by Gasteiger charge is -2.31. The highest BCUT2D eigenvalue weighted by Gasteiger charge is 2.26. The first-order valence-corrected chi connectivity index (χ1v) is 6.86. The summed E-state index contributed by atoms with van der Waals surface area (Å²) in [6, 6.07) is -0.833. The molecule has 0 spiro atoms. The number of urea groups is 1. The minimum Gasteiger partial charge on any atom is -0.353 e. The Morgan fingerprint density at radius 1 is 1.42 bits per heavy atom. The molecular formula is C12H25N5O2. The van der Waals surface area contributed by atoms with Crippen molar-refractivity contribution in [3.05, 3.63) is 0 Å². The maximum atomic E-state index is 12.0. The van der Waals surface area contributed by atoms with E-state index >= 15 is 0 Å². The van der Waals surface area contributed by atoms with Crippen LogP contribution in [-0.2, 0) is 4.79 Å². The molecule has 0 aromatic rings. The van der Waals surface area contributed by atoms with Gasteiger partial charge < -0.3 is 26.2 Å². The van der Waals surface area contributed by atoms with Crippen LogP contribution in [0.25, 0.3) is 0 Å². The van der Waals surface area contributed by atoms with Gasteiger partial charge in [0.25, 0.3) is 0 Å². The van der Waals surface area contributed by atoms with E-state index in [1.165, 1.54) is 4.90 Å². The van der Waals surface area contributed by atoms with Crippen molar-refractivity contribution in [2.75, 3.05) is 45.8 Å². The van der Waals surface area contributed by atoms with E-state index in [0.717, 1.165) is 19.6 Å². The highest BCUT2D eigenvalue weighted by Crippen LogP contribution is 1.98. The molecule has 4 N–H and O–H groups in total. The van der Waals surface area contributed by atoms with E-state index in [1.54, 1.807) is 0 Å². The second-order valence-electron chi connectivity index (χ2n) is 4.61. The molecule has 1 aliphatic heterocycles. The molecule has 1 saturated heterocycles. The summed E-state index contributed by atoms with van der Waals surface area (Å²) < 4.78 is 0. The van der Waals surface area contributed by atoms with Gasteiger partial charge in [-0.2, -0.15) is 0 Å². The van der Waals surface area contributed by atoms with Crippen molar-refractivity contribution in [3.8, 4) is 0 Å². The zero-order valence-electron chi connectivity index (χ0n) is 11.8. The monoisotopic (exact) mass is 271 g/mol. The lowest BCUT2D eigenvalue weighted by molar-refractivity contribution is -0.123. The first-order chi connectivity index (χ1) is 9.08. The van der Waals surface area contributed by atoms with Gasteiger partial charge in [0.1, 0.15) is 6.04 Å². The van der Waals surface area contributed by atoms with Crippen LogP contribution in [0.15, 0.2) is 0 Å². The van der Waals surface area contributed by atoms with Crippen molar-refractivity contribution in [2.45, 2.75) is 19.9 Å².